The van der Waals surface area contributed by atoms with E-state index in [1.54, 1.807) is 0 Å². The molecule has 4 N–H and O–H groups in total. The first-order chi connectivity index (χ1) is 5.54. The van der Waals surface area contributed by atoms with Gasteiger partial charge in [0.2, 0.25) is 0 Å². The molecule has 0 aliphatic rings. The Morgan fingerprint density at radius 2 is 1.83 bits per heavy atom. The number of carbonyl (C=O) groups excluding carboxylic acids is 1. The monoisotopic (exact) mass is 182 g/mol. The number of rotatable bonds is 5. The molecule has 72 valence electrons. The molecule has 0 aliphatic carbocycles. The van der Waals surface area contributed by atoms with Crippen LogP contribution in [0, 0.1) is 0 Å². The summed E-state index contributed by atoms with van der Waals surface area (Å²) in [5.41, 5.74) is 0. The van der Waals surface area contributed by atoms with Gasteiger partial charge in [0.15, 0.2) is 12.0 Å². The van der Waals surface area contributed by atoms with Crippen LogP contribution in [0.2, 0.25) is 0 Å². The predicted octanol–water partition coefficient (Wildman–Crippen LogP) is -2.40. The van der Waals surface area contributed by atoms with Crippen LogP contribution in [0.1, 0.15) is 0 Å². The lowest BCUT2D eigenvalue weighted by atomic mass is 10.1. The largest absolute Gasteiger partial charge is 0.393 e. The number of Topliss-reactive ketones (excluding diaryl/α,β-unsaturated/α-hetero) is 1. The first-order valence-corrected chi connectivity index (χ1v) is 3.29. The standard InChI is InChI=1S/C6H11FO5/c7-3(1-8)5(11)6(12)4(10)2-9/h3,5-6,8-9,11-12H,1-2H2/t3-,5+,6+/m0/s1. The summed E-state index contributed by atoms with van der Waals surface area (Å²) >= 11 is 0. The molecule has 0 saturated carbocycles. The third kappa shape index (κ3) is 2.82. The predicted molar refractivity (Wildman–Crippen MR) is 36.1 cm³/mol. The lowest BCUT2D eigenvalue weighted by Crippen LogP contribution is -2.42. The molecule has 0 spiro atoms. The number of hydrogen-bond acceptors (Lipinski definition) is 5. The molecule has 0 fully saturated rings. The minimum Gasteiger partial charge on any atom is -0.393 e. The molecule has 0 rings (SSSR count). The van der Waals surface area contributed by atoms with E-state index >= 15 is 0 Å². The highest BCUT2D eigenvalue weighted by Crippen LogP contribution is 2.04. The number of hydrogen-bond donors (Lipinski definition) is 4. The first-order valence-electron chi connectivity index (χ1n) is 3.29. The van der Waals surface area contributed by atoms with E-state index in [1.807, 2.05) is 0 Å². The van der Waals surface area contributed by atoms with E-state index in [1.165, 1.54) is 0 Å². The minimum atomic E-state index is -2.09. The van der Waals surface area contributed by atoms with E-state index in [0.29, 0.717) is 0 Å². The molecule has 0 aliphatic heterocycles. The molecule has 5 nitrogen and oxygen atoms in total. The lowest BCUT2D eigenvalue weighted by Gasteiger charge is -2.17. The zero-order valence-corrected chi connectivity index (χ0v) is 6.22. The van der Waals surface area contributed by atoms with Crippen LogP contribution in [0.3, 0.4) is 0 Å². The second-order valence-corrected chi connectivity index (χ2v) is 2.26. The van der Waals surface area contributed by atoms with Gasteiger partial charge in [-0.05, 0) is 0 Å². The third-order valence-corrected chi connectivity index (χ3v) is 1.35. The highest BCUT2D eigenvalue weighted by atomic mass is 19.1. The van der Waals surface area contributed by atoms with Crippen LogP contribution in [0.4, 0.5) is 4.39 Å². The molecule has 0 aromatic heterocycles. The lowest BCUT2D eigenvalue weighted by molar-refractivity contribution is -0.139. The van der Waals surface area contributed by atoms with Crippen molar-refractivity contribution in [2.45, 2.75) is 18.4 Å². The Morgan fingerprint density at radius 1 is 1.33 bits per heavy atom. The Balaban J connectivity index is 4.08. The normalized spacial score (nSPS) is 18.4. The smallest absolute Gasteiger partial charge is 0.189 e. The van der Waals surface area contributed by atoms with Crippen LogP contribution in [-0.2, 0) is 4.79 Å². The third-order valence-electron chi connectivity index (χ3n) is 1.35. The van der Waals surface area contributed by atoms with Crippen molar-refractivity contribution in [3.05, 3.63) is 0 Å². The van der Waals surface area contributed by atoms with Gasteiger partial charge in [-0.2, -0.15) is 0 Å². The Bertz CT molecular complexity index is 151. The van der Waals surface area contributed by atoms with Gasteiger partial charge >= 0.3 is 0 Å². The van der Waals surface area contributed by atoms with Crippen molar-refractivity contribution < 1.29 is 29.6 Å². The van der Waals surface area contributed by atoms with Gasteiger partial charge in [0.25, 0.3) is 0 Å². The number of alkyl halides is 1. The van der Waals surface area contributed by atoms with Crippen LogP contribution in [-0.4, -0.2) is 57.8 Å². The van der Waals surface area contributed by atoms with Gasteiger partial charge in [0.05, 0.1) is 6.61 Å². The molecular formula is C6H11FO5. The van der Waals surface area contributed by atoms with Crippen molar-refractivity contribution in [3.8, 4) is 0 Å². The van der Waals surface area contributed by atoms with E-state index in [0.717, 1.165) is 0 Å². The number of aliphatic hydroxyl groups excluding tert-OH is 4. The highest BCUT2D eigenvalue weighted by molar-refractivity contribution is 5.84. The fraction of sp³-hybridized carbons (Fsp3) is 0.833. The van der Waals surface area contributed by atoms with Gasteiger partial charge in [0, 0.05) is 0 Å². The molecule has 0 unspecified atom stereocenters. The highest BCUT2D eigenvalue weighted by Gasteiger charge is 2.30. The average Bonchev–Trinajstić information content (AvgIpc) is 2.12. The first kappa shape index (κ1) is 11.4. The zero-order chi connectivity index (χ0) is 9.72. The molecule has 0 amide bonds. The van der Waals surface area contributed by atoms with E-state index in [-0.39, 0.29) is 0 Å². The fourth-order valence-electron chi connectivity index (χ4n) is 0.590. The summed E-state index contributed by atoms with van der Waals surface area (Å²) in [6.45, 7) is -1.96. The quantitative estimate of drug-likeness (QED) is 0.380. The Kier molecular flexibility index (Phi) is 4.91. The van der Waals surface area contributed by atoms with Gasteiger partial charge in [-0.1, -0.05) is 0 Å². The van der Waals surface area contributed by atoms with Crippen LogP contribution in [0.5, 0.6) is 0 Å². The van der Waals surface area contributed by atoms with E-state index in [4.69, 9.17) is 20.4 Å². The van der Waals surface area contributed by atoms with Crippen LogP contribution < -0.4 is 0 Å². The molecular weight excluding hydrogens is 171 g/mol. The van der Waals surface area contributed by atoms with Crippen LogP contribution in [0.25, 0.3) is 0 Å². The SMILES string of the molecule is O=C(CO)[C@@H](O)[C@H](O)[C@@H](F)CO. The topological polar surface area (TPSA) is 98.0 Å². The van der Waals surface area contributed by atoms with Crippen molar-refractivity contribution in [1.82, 2.24) is 0 Å². The van der Waals surface area contributed by atoms with E-state index in [2.05, 4.69) is 0 Å². The molecule has 12 heavy (non-hydrogen) atoms. The van der Waals surface area contributed by atoms with Crippen molar-refractivity contribution in [2.24, 2.45) is 0 Å². The molecule has 0 aromatic carbocycles. The maximum atomic E-state index is 12.4. The summed E-state index contributed by atoms with van der Waals surface area (Å²) in [5.74, 6) is -1.08. The summed E-state index contributed by atoms with van der Waals surface area (Å²) in [6, 6.07) is 0. The van der Waals surface area contributed by atoms with Crippen molar-refractivity contribution >= 4 is 5.78 Å². The number of carbonyl (C=O) groups is 1. The Hall–Kier alpha value is -0.560. The number of ketones is 1. The molecule has 6 heteroatoms. The summed E-state index contributed by atoms with van der Waals surface area (Å²) < 4.78 is 12.4. The number of halogens is 1. The average molecular weight is 182 g/mol. The molecule has 3 atom stereocenters. The van der Waals surface area contributed by atoms with E-state index in [9.17, 15) is 9.18 Å². The van der Waals surface area contributed by atoms with Gasteiger partial charge in [-0.15, -0.1) is 0 Å². The van der Waals surface area contributed by atoms with Gasteiger partial charge in [-0.25, -0.2) is 4.39 Å². The summed E-state index contributed by atoms with van der Waals surface area (Å²) in [5, 5.41) is 33.9. The molecule has 0 saturated heterocycles. The maximum Gasteiger partial charge on any atom is 0.189 e. The van der Waals surface area contributed by atoms with E-state index < -0.39 is 37.4 Å². The Labute approximate surface area is 68.1 Å². The number of aliphatic hydroxyl groups is 4. The fourth-order valence-corrected chi connectivity index (χ4v) is 0.590. The van der Waals surface area contributed by atoms with Gasteiger partial charge < -0.3 is 20.4 Å². The van der Waals surface area contributed by atoms with Gasteiger partial charge in [-0.3, -0.25) is 4.79 Å². The minimum absolute atomic E-state index is 0.976. The maximum absolute atomic E-state index is 12.4. The van der Waals surface area contributed by atoms with Crippen LogP contribution >= 0.6 is 0 Å². The zero-order valence-electron chi connectivity index (χ0n) is 6.22. The second-order valence-electron chi connectivity index (χ2n) is 2.26. The summed E-state index contributed by atoms with van der Waals surface area (Å²) in [6.07, 6.45) is -6.07. The second kappa shape index (κ2) is 5.15. The molecule has 0 bridgehead atoms. The Morgan fingerprint density at radius 3 is 2.17 bits per heavy atom. The van der Waals surface area contributed by atoms with Gasteiger partial charge in [0.1, 0.15) is 18.8 Å². The van der Waals surface area contributed by atoms with Crippen molar-refractivity contribution in [2.75, 3.05) is 13.2 Å². The van der Waals surface area contributed by atoms with Crippen molar-refractivity contribution in [3.63, 3.8) is 0 Å². The summed E-state index contributed by atoms with van der Waals surface area (Å²) in [4.78, 5) is 10.5. The summed E-state index contributed by atoms with van der Waals surface area (Å²) in [7, 11) is 0. The molecule has 0 radical (unpaired) electrons. The molecule has 0 aromatic rings. The van der Waals surface area contributed by atoms with Crippen LogP contribution in [0.15, 0.2) is 0 Å². The van der Waals surface area contributed by atoms with Crippen molar-refractivity contribution in [1.29, 1.82) is 0 Å². The molecule has 0 heterocycles.